The zero-order valence-corrected chi connectivity index (χ0v) is 23.4. The highest BCUT2D eigenvalue weighted by Crippen LogP contribution is 2.51. The van der Waals surface area contributed by atoms with Crippen molar-refractivity contribution in [1.82, 2.24) is 15.2 Å². The van der Waals surface area contributed by atoms with Crippen molar-refractivity contribution in [1.29, 1.82) is 0 Å². The highest BCUT2D eigenvalue weighted by Gasteiger charge is 2.46. The third-order valence-corrected chi connectivity index (χ3v) is 9.40. The first-order valence-corrected chi connectivity index (χ1v) is 14.8. The van der Waals surface area contributed by atoms with Gasteiger partial charge in [-0.2, -0.15) is 0 Å². The molecule has 212 valence electrons. The molecule has 1 spiro atoms. The maximum atomic E-state index is 13.7. The van der Waals surface area contributed by atoms with E-state index in [0.29, 0.717) is 29.4 Å². The molecule has 7 heteroatoms. The molecule has 6 nitrogen and oxygen atoms in total. The number of rotatable bonds is 8. The number of amides is 1. The van der Waals surface area contributed by atoms with E-state index in [1.165, 1.54) is 27.8 Å². The van der Waals surface area contributed by atoms with Crippen LogP contribution >= 0.6 is 0 Å². The normalized spacial score (nSPS) is 20.6. The Bertz CT molecular complexity index is 1580. The van der Waals surface area contributed by atoms with E-state index in [9.17, 15) is 19.1 Å². The van der Waals surface area contributed by atoms with Crippen LogP contribution in [0.3, 0.4) is 0 Å². The molecule has 0 radical (unpaired) electrons. The predicted octanol–water partition coefficient (Wildman–Crippen LogP) is 5.07. The zero-order chi connectivity index (χ0) is 28.4. The Morgan fingerprint density at radius 1 is 1.05 bits per heavy atom. The molecule has 3 aliphatic carbocycles. The molecule has 3 N–H and O–H groups in total. The predicted molar refractivity (Wildman–Crippen MR) is 156 cm³/mol. The van der Waals surface area contributed by atoms with Crippen LogP contribution in [-0.2, 0) is 6.54 Å². The van der Waals surface area contributed by atoms with Gasteiger partial charge in [0.1, 0.15) is 5.82 Å². The zero-order valence-electron chi connectivity index (χ0n) is 23.4. The van der Waals surface area contributed by atoms with Crippen LogP contribution in [0.1, 0.15) is 90.0 Å². The molecule has 1 aliphatic heterocycles. The summed E-state index contributed by atoms with van der Waals surface area (Å²) in [5, 5.41) is 16.9. The fraction of sp³-hybridized carbons (Fsp3) is 0.412. The van der Waals surface area contributed by atoms with Crippen LogP contribution in [0.15, 0.2) is 71.2 Å². The number of benzene rings is 2. The lowest BCUT2D eigenvalue weighted by Crippen LogP contribution is -2.58. The third-order valence-electron chi connectivity index (χ3n) is 9.40. The minimum Gasteiger partial charge on any atom is -0.388 e. The van der Waals surface area contributed by atoms with Gasteiger partial charge in [0.25, 0.3) is 11.5 Å². The Morgan fingerprint density at radius 2 is 1.68 bits per heavy atom. The lowest BCUT2D eigenvalue weighted by molar-refractivity contribution is 0.0936. The van der Waals surface area contributed by atoms with Gasteiger partial charge < -0.3 is 20.3 Å². The lowest BCUT2D eigenvalue weighted by Gasteiger charge is -2.52. The van der Waals surface area contributed by atoms with E-state index < -0.39 is 5.60 Å². The van der Waals surface area contributed by atoms with Gasteiger partial charge >= 0.3 is 0 Å². The second-order valence-corrected chi connectivity index (χ2v) is 12.9. The first-order chi connectivity index (χ1) is 19.7. The first kappa shape index (κ1) is 26.4. The van der Waals surface area contributed by atoms with Gasteiger partial charge in [-0.05, 0) is 91.8 Å². The van der Waals surface area contributed by atoms with Gasteiger partial charge in [0, 0.05) is 30.3 Å². The second-order valence-electron chi connectivity index (χ2n) is 12.9. The summed E-state index contributed by atoms with van der Waals surface area (Å²) in [6.07, 6.45) is 6.99. The Hall–Kier alpha value is -3.55. The standard InChI is InChI=1S/C34H36FN3O3/c1-21(37-31(39)26-14-29(23-4-5-23)32(40)38(17-26)20-34(41)12-13-34)22-2-6-24(7-3-22)30(25-8-10-28(35)11-9-25)27-15-33(16-27)18-36-19-33/h2-3,6-11,14,17,21,23,36,41H,4-5,12-13,15-16,18-20H2,1H3,(H,37,39)/t21-/m1/s1. The number of carbonyl (C=O) groups is 1. The molecule has 1 amide bonds. The van der Waals surface area contributed by atoms with Gasteiger partial charge in [0.2, 0.25) is 0 Å². The van der Waals surface area contributed by atoms with Crippen molar-refractivity contribution < 1.29 is 14.3 Å². The molecule has 7 rings (SSSR count). The molecule has 3 saturated carbocycles. The summed E-state index contributed by atoms with van der Waals surface area (Å²) in [7, 11) is 0. The smallest absolute Gasteiger partial charge is 0.254 e. The second kappa shape index (κ2) is 9.78. The van der Waals surface area contributed by atoms with Crippen molar-refractivity contribution in [3.63, 3.8) is 0 Å². The van der Waals surface area contributed by atoms with Gasteiger partial charge in [0.05, 0.1) is 23.8 Å². The van der Waals surface area contributed by atoms with Crippen LogP contribution in [0.25, 0.3) is 5.57 Å². The van der Waals surface area contributed by atoms with Crippen LogP contribution < -0.4 is 16.2 Å². The topological polar surface area (TPSA) is 83.4 Å². The Kier molecular flexibility index (Phi) is 6.28. The van der Waals surface area contributed by atoms with Crippen molar-refractivity contribution in [2.75, 3.05) is 13.1 Å². The Labute approximate surface area is 239 Å². The van der Waals surface area contributed by atoms with E-state index in [4.69, 9.17) is 0 Å². The average molecular weight is 554 g/mol. The molecule has 4 aliphatic rings. The van der Waals surface area contributed by atoms with Gasteiger partial charge in [-0.3, -0.25) is 9.59 Å². The minimum atomic E-state index is -0.828. The number of nitrogens with one attached hydrogen (secondary N) is 2. The van der Waals surface area contributed by atoms with Crippen LogP contribution in [0.5, 0.6) is 0 Å². The van der Waals surface area contributed by atoms with E-state index in [-0.39, 0.29) is 35.8 Å². The Morgan fingerprint density at radius 3 is 2.24 bits per heavy atom. The summed E-state index contributed by atoms with van der Waals surface area (Å²) in [6, 6.07) is 16.5. The average Bonchev–Trinajstić information content (AvgIpc) is 3.85. The number of carbonyl (C=O) groups excluding carboxylic acids is 1. The fourth-order valence-corrected chi connectivity index (χ4v) is 6.46. The molecule has 0 unspecified atom stereocenters. The molecule has 1 saturated heterocycles. The maximum Gasteiger partial charge on any atom is 0.254 e. The Balaban J connectivity index is 1.11. The number of nitrogens with zero attached hydrogens (tertiary/aromatic N) is 1. The number of allylic oxidation sites excluding steroid dienone is 1. The van der Waals surface area contributed by atoms with E-state index in [1.54, 1.807) is 12.3 Å². The molecular weight excluding hydrogens is 517 g/mol. The minimum absolute atomic E-state index is 0.0926. The summed E-state index contributed by atoms with van der Waals surface area (Å²) in [6.45, 7) is 4.30. The van der Waals surface area contributed by atoms with Crippen LogP contribution in [-0.4, -0.2) is 34.3 Å². The molecule has 4 fully saturated rings. The van der Waals surface area contributed by atoms with Crippen molar-refractivity contribution in [3.05, 3.63) is 110 Å². The third kappa shape index (κ3) is 5.17. The summed E-state index contributed by atoms with van der Waals surface area (Å²) in [4.78, 5) is 26.4. The molecule has 3 aromatic rings. The molecule has 1 atom stereocenters. The quantitative estimate of drug-likeness (QED) is 0.364. The summed E-state index contributed by atoms with van der Waals surface area (Å²) < 4.78 is 15.2. The number of aromatic nitrogens is 1. The highest BCUT2D eigenvalue weighted by molar-refractivity contribution is 5.94. The van der Waals surface area contributed by atoms with E-state index in [0.717, 1.165) is 55.5 Å². The molecule has 1 aromatic heterocycles. The van der Waals surface area contributed by atoms with Gasteiger partial charge in [0.15, 0.2) is 0 Å². The van der Waals surface area contributed by atoms with Crippen LogP contribution in [0, 0.1) is 11.2 Å². The number of pyridine rings is 1. The van der Waals surface area contributed by atoms with E-state index in [2.05, 4.69) is 22.8 Å². The summed E-state index contributed by atoms with van der Waals surface area (Å²) in [5.74, 6) is -0.270. The summed E-state index contributed by atoms with van der Waals surface area (Å²) in [5.41, 5.74) is 6.27. The van der Waals surface area contributed by atoms with Gasteiger partial charge in [-0.25, -0.2) is 4.39 Å². The fourth-order valence-electron chi connectivity index (χ4n) is 6.46. The maximum absolute atomic E-state index is 13.7. The van der Waals surface area contributed by atoms with Crippen LogP contribution in [0.4, 0.5) is 4.39 Å². The van der Waals surface area contributed by atoms with E-state index >= 15 is 0 Å². The van der Waals surface area contributed by atoms with Crippen LogP contribution in [0.2, 0.25) is 0 Å². The van der Waals surface area contributed by atoms with Crippen molar-refractivity contribution in [2.45, 2.75) is 69.6 Å². The SMILES string of the molecule is C[C@@H](NC(=O)c1cc(C2CC2)c(=O)n(CC2(O)CC2)c1)c1ccc(C(=C2CC3(CNC3)C2)c2ccc(F)cc2)cc1. The number of aliphatic hydroxyl groups is 1. The van der Waals surface area contributed by atoms with E-state index in [1.807, 2.05) is 31.2 Å². The molecule has 2 aromatic carbocycles. The largest absolute Gasteiger partial charge is 0.388 e. The van der Waals surface area contributed by atoms with Gasteiger partial charge in [-0.15, -0.1) is 0 Å². The molecular formula is C34H36FN3O3. The van der Waals surface area contributed by atoms with Crippen molar-refractivity contribution in [3.8, 4) is 0 Å². The summed E-state index contributed by atoms with van der Waals surface area (Å²) >= 11 is 0. The molecule has 41 heavy (non-hydrogen) atoms. The molecule has 0 bridgehead atoms. The van der Waals surface area contributed by atoms with Crippen molar-refractivity contribution in [2.24, 2.45) is 5.41 Å². The monoisotopic (exact) mass is 553 g/mol. The van der Waals surface area contributed by atoms with Crippen molar-refractivity contribution >= 4 is 11.5 Å². The highest BCUT2D eigenvalue weighted by atomic mass is 19.1. The lowest BCUT2D eigenvalue weighted by atomic mass is 9.60. The van der Waals surface area contributed by atoms with Gasteiger partial charge in [-0.1, -0.05) is 42.0 Å². The molecule has 2 heterocycles. The first-order valence-electron chi connectivity index (χ1n) is 14.8. The number of hydrogen-bond acceptors (Lipinski definition) is 4. The number of hydrogen-bond donors (Lipinski definition) is 3. The number of halogens is 1.